The average molecular weight is 288 g/mol. The van der Waals surface area contributed by atoms with Crippen molar-refractivity contribution >= 4 is 0 Å². The van der Waals surface area contributed by atoms with Crippen molar-refractivity contribution in [3.8, 4) is 0 Å². The molecule has 2 rings (SSSR count). The minimum absolute atomic E-state index is 0. The van der Waals surface area contributed by atoms with Crippen molar-refractivity contribution in [2.45, 2.75) is 33.1 Å². The van der Waals surface area contributed by atoms with E-state index in [4.69, 9.17) is 0 Å². The Kier molecular flexibility index (Phi) is 8.32. The predicted octanol–water partition coefficient (Wildman–Crippen LogP) is 3.24. The zero-order chi connectivity index (χ0) is 10.2. The number of H-pyrrole nitrogens is 1. The van der Waals surface area contributed by atoms with Gasteiger partial charge in [0.25, 0.3) is 0 Å². The van der Waals surface area contributed by atoms with Gasteiger partial charge < -0.3 is 4.98 Å². The van der Waals surface area contributed by atoms with Gasteiger partial charge >= 0.3 is 19.5 Å². The number of hydrogen-bond acceptors (Lipinski definition) is 0. The molecule has 0 aromatic carbocycles. The van der Waals surface area contributed by atoms with Crippen LogP contribution in [0.1, 0.15) is 31.4 Å². The number of rotatable bonds is 2. The smallest absolute Gasteiger partial charge is 0.484 e. The Balaban J connectivity index is 0.000000280. The Hall–Kier alpha value is -0.617. The molecule has 1 aliphatic rings. The van der Waals surface area contributed by atoms with Gasteiger partial charge in [0.1, 0.15) is 0 Å². The maximum atomic E-state index is 3.08. The third kappa shape index (κ3) is 5.13. The van der Waals surface area contributed by atoms with Gasteiger partial charge in [-0.25, -0.2) is 12.2 Å². The van der Waals surface area contributed by atoms with Gasteiger partial charge in [-0.05, 0) is 0 Å². The first-order valence-corrected chi connectivity index (χ1v) is 5.17. The topological polar surface area (TPSA) is 15.8 Å². The maximum Gasteiger partial charge on any atom is 2.00 e. The predicted molar refractivity (Wildman–Crippen MR) is 60.0 cm³/mol. The quantitative estimate of drug-likeness (QED) is 0.635. The van der Waals surface area contributed by atoms with Crippen LogP contribution < -0.4 is 0 Å². The van der Waals surface area contributed by atoms with Gasteiger partial charge in [-0.15, -0.1) is 18.8 Å². The zero-order valence-electron chi connectivity index (χ0n) is 9.28. The second kappa shape index (κ2) is 8.67. The number of aromatic amines is 1. The largest absolute Gasteiger partial charge is 2.00 e. The van der Waals surface area contributed by atoms with Crippen molar-refractivity contribution in [3.05, 3.63) is 47.8 Å². The third-order valence-electron chi connectivity index (χ3n) is 2.18. The van der Waals surface area contributed by atoms with E-state index in [9.17, 15) is 0 Å². The third-order valence-corrected chi connectivity index (χ3v) is 2.18. The van der Waals surface area contributed by atoms with E-state index < -0.39 is 0 Å². The fourth-order valence-electron chi connectivity index (χ4n) is 1.35. The molecular weight excluding hydrogens is 271 g/mol. The molecule has 2 heteroatoms. The van der Waals surface area contributed by atoms with Gasteiger partial charge in [-0.3, -0.25) is 6.08 Å². The summed E-state index contributed by atoms with van der Waals surface area (Å²) >= 11 is 0. The molecule has 1 heterocycles. The first-order chi connectivity index (χ1) is 6.88. The molecule has 0 fully saturated rings. The van der Waals surface area contributed by atoms with Crippen LogP contribution in [0.5, 0.6) is 0 Å². The van der Waals surface area contributed by atoms with Crippen LogP contribution >= 0.6 is 0 Å². The van der Waals surface area contributed by atoms with Crippen LogP contribution in [0, 0.1) is 12.3 Å². The van der Waals surface area contributed by atoms with Gasteiger partial charge in [0.2, 0.25) is 0 Å². The van der Waals surface area contributed by atoms with Crippen LogP contribution in [0.3, 0.4) is 0 Å². The van der Waals surface area contributed by atoms with Crippen molar-refractivity contribution in [1.82, 2.24) is 4.98 Å². The summed E-state index contributed by atoms with van der Waals surface area (Å²) in [6.07, 6.45) is 17.3. The van der Waals surface area contributed by atoms with Gasteiger partial charge in [-0.1, -0.05) is 26.7 Å². The first-order valence-electron chi connectivity index (χ1n) is 5.17. The monoisotopic (exact) mass is 289 g/mol. The van der Waals surface area contributed by atoms with Crippen molar-refractivity contribution < 1.29 is 19.5 Å². The number of hydrogen-bond donors (Lipinski definition) is 1. The molecule has 1 N–H and O–H groups in total. The van der Waals surface area contributed by atoms with Gasteiger partial charge in [0.15, 0.2) is 0 Å². The minimum Gasteiger partial charge on any atom is -0.484 e. The average Bonchev–Trinajstić information content (AvgIpc) is 2.91. The molecule has 1 aliphatic carbocycles. The summed E-state index contributed by atoms with van der Waals surface area (Å²) in [4.78, 5) is 2.98. The summed E-state index contributed by atoms with van der Waals surface area (Å²) in [7, 11) is 0. The molecule has 0 unspecified atom stereocenters. The second-order valence-electron chi connectivity index (χ2n) is 3.13. The molecule has 1 aromatic rings. The van der Waals surface area contributed by atoms with Crippen molar-refractivity contribution in [3.63, 3.8) is 0 Å². The van der Waals surface area contributed by atoms with Crippen LogP contribution in [-0.4, -0.2) is 4.98 Å². The van der Waals surface area contributed by atoms with Crippen LogP contribution in [-0.2, 0) is 32.3 Å². The molecule has 15 heavy (non-hydrogen) atoms. The molecular formula is C13H17NRu. The van der Waals surface area contributed by atoms with Crippen LogP contribution in [0.15, 0.2) is 24.4 Å². The van der Waals surface area contributed by atoms with E-state index in [1.54, 1.807) is 0 Å². The Morgan fingerprint density at radius 3 is 2.47 bits per heavy atom. The molecule has 0 atom stereocenters. The fraction of sp³-hybridized carbons (Fsp3) is 0.385. The van der Waals surface area contributed by atoms with Gasteiger partial charge in [0.05, 0.1) is 0 Å². The van der Waals surface area contributed by atoms with E-state index in [0.717, 1.165) is 19.3 Å². The molecule has 0 aliphatic heterocycles. The second-order valence-corrected chi connectivity index (χ2v) is 3.13. The summed E-state index contributed by atoms with van der Waals surface area (Å²) in [6.45, 7) is 4.31. The molecule has 1 nitrogen and oxygen atoms in total. The van der Waals surface area contributed by atoms with E-state index in [-0.39, 0.29) is 19.5 Å². The standard InChI is InChI=1S/C8H12N.C5H5.Ru/c1-3-7-5-9-6-8(7)4-2;1-2-4-5-3-1;/h5,9H,3-4H2,1-2H3;1-3H,4H2;/q2*-1;+2. The molecule has 0 amide bonds. The zero-order valence-corrected chi connectivity index (χ0v) is 11.0. The molecule has 0 saturated heterocycles. The van der Waals surface area contributed by atoms with Crippen molar-refractivity contribution in [2.75, 3.05) is 0 Å². The van der Waals surface area contributed by atoms with Gasteiger partial charge in [-0.2, -0.15) is 17.2 Å². The summed E-state index contributed by atoms with van der Waals surface area (Å²) < 4.78 is 0. The van der Waals surface area contributed by atoms with E-state index in [0.29, 0.717) is 0 Å². The fourth-order valence-corrected chi connectivity index (χ4v) is 1.35. The van der Waals surface area contributed by atoms with E-state index >= 15 is 0 Å². The normalized spacial score (nSPS) is 11.9. The Morgan fingerprint density at radius 1 is 1.33 bits per heavy atom. The Labute approximate surface area is 105 Å². The van der Waals surface area contributed by atoms with Crippen molar-refractivity contribution in [1.29, 1.82) is 0 Å². The van der Waals surface area contributed by atoms with E-state index in [1.165, 1.54) is 11.1 Å². The molecule has 1 aromatic heterocycles. The summed E-state index contributed by atoms with van der Waals surface area (Å²) in [6, 6.07) is 0. The number of allylic oxidation sites excluding steroid dienone is 4. The molecule has 0 radical (unpaired) electrons. The van der Waals surface area contributed by atoms with Crippen LogP contribution in [0.2, 0.25) is 0 Å². The number of aryl methyl sites for hydroxylation is 2. The molecule has 0 spiro atoms. The SMILES string of the molecule is CCc1[c-][nH]cc1CC.[C-]1=CC=CC1.[Ru+2]. The maximum absolute atomic E-state index is 3.08. The van der Waals surface area contributed by atoms with Crippen LogP contribution in [0.25, 0.3) is 0 Å². The summed E-state index contributed by atoms with van der Waals surface area (Å²) in [5.74, 6) is 0. The Bertz CT molecular complexity index is 282. The van der Waals surface area contributed by atoms with Crippen LogP contribution in [0.4, 0.5) is 0 Å². The van der Waals surface area contributed by atoms with E-state index in [2.05, 4.69) is 37.2 Å². The molecule has 0 bridgehead atoms. The number of aromatic nitrogens is 1. The summed E-state index contributed by atoms with van der Waals surface area (Å²) in [5.41, 5.74) is 2.73. The Morgan fingerprint density at radius 2 is 2.13 bits per heavy atom. The van der Waals surface area contributed by atoms with Crippen molar-refractivity contribution in [2.24, 2.45) is 0 Å². The van der Waals surface area contributed by atoms with E-state index in [1.807, 2.05) is 18.3 Å². The molecule has 82 valence electrons. The number of nitrogens with one attached hydrogen (secondary N) is 1. The van der Waals surface area contributed by atoms with Gasteiger partial charge in [0, 0.05) is 0 Å². The molecule has 0 saturated carbocycles. The first kappa shape index (κ1) is 14.4. The minimum atomic E-state index is 0. The summed E-state index contributed by atoms with van der Waals surface area (Å²) in [5, 5.41) is 0.